The van der Waals surface area contributed by atoms with Crippen LogP contribution in [0.15, 0.2) is 18.3 Å². The van der Waals surface area contributed by atoms with Crippen molar-refractivity contribution >= 4 is 5.82 Å². The van der Waals surface area contributed by atoms with E-state index in [0.29, 0.717) is 6.04 Å². The first-order chi connectivity index (χ1) is 7.78. The maximum absolute atomic E-state index is 4.44. The van der Waals surface area contributed by atoms with Crippen LogP contribution in [0.2, 0.25) is 0 Å². The molecular weight excluding hydrogens is 210 g/mol. The molecule has 0 spiro atoms. The number of nitrogens with one attached hydrogen (secondary N) is 1. The second-order valence-electron chi connectivity index (χ2n) is 4.63. The predicted molar refractivity (Wildman–Crippen MR) is 74.5 cm³/mol. The number of anilines is 1. The largest absolute Gasteiger partial charge is 0.367 e. The van der Waals surface area contributed by atoms with Crippen LogP contribution >= 0.6 is 0 Å². The van der Waals surface area contributed by atoms with Gasteiger partial charge in [0.25, 0.3) is 0 Å². The van der Waals surface area contributed by atoms with Gasteiger partial charge < -0.3 is 10.2 Å². The highest BCUT2D eigenvalue weighted by Gasteiger charge is 2.16. The molecule has 0 aliphatic carbocycles. The molecule has 1 fully saturated rings. The summed E-state index contributed by atoms with van der Waals surface area (Å²) in [5, 5.41) is 3.51. The summed E-state index contributed by atoms with van der Waals surface area (Å²) in [6.45, 7) is 4.52. The van der Waals surface area contributed by atoms with Crippen molar-refractivity contribution in [2.45, 2.75) is 39.7 Å². The quantitative estimate of drug-likeness (QED) is 0.873. The number of aromatic nitrogens is 1. The lowest BCUT2D eigenvalue weighted by Crippen LogP contribution is -2.36. The van der Waals surface area contributed by atoms with E-state index in [0.717, 1.165) is 12.2 Å². The summed E-state index contributed by atoms with van der Waals surface area (Å²) < 4.78 is 0. The zero-order valence-electron chi connectivity index (χ0n) is 10.2. The average Bonchev–Trinajstić information content (AvgIpc) is 2.33. The zero-order chi connectivity index (χ0) is 11.4. The van der Waals surface area contributed by atoms with Crippen molar-refractivity contribution in [2.24, 2.45) is 0 Å². The molecule has 2 heterocycles. The molecule has 0 bridgehead atoms. The van der Waals surface area contributed by atoms with Crippen LogP contribution in [0, 0.1) is 0 Å². The number of piperidine rings is 1. The fraction of sp³-hybridized carbons (Fsp3) is 0.643. The van der Waals surface area contributed by atoms with Crippen molar-refractivity contribution in [3.05, 3.63) is 23.9 Å². The minimum atomic E-state index is 0. The molecule has 1 aliphatic heterocycles. The Morgan fingerprint density at radius 3 is 2.59 bits per heavy atom. The van der Waals surface area contributed by atoms with Gasteiger partial charge in [-0.3, -0.25) is 0 Å². The van der Waals surface area contributed by atoms with E-state index in [1.165, 1.54) is 31.5 Å². The molecule has 1 N–H and O–H groups in total. The van der Waals surface area contributed by atoms with E-state index in [1.807, 2.05) is 6.20 Å². The third-order valence-corrected chi connectivity index (χ3v) is 3.30. The molecule has 96 valence electrons. The molecular formula is C14H25N3. The van der Waals surface area contributed by atoms with Crippen LogP contribution in [-0.2, 0) is 6.42 Å². The number of aryl methyl sites for hydroxylation is 1. The van der Waals surface area contributed by atoms with Gasteiger partial charge >= 0.3 is 0 Å². The second-order valence-corrected chi connectivity index (χ2v) is 4.63. The zero-order valence-corrected chi connectivity index (χ0v) is 10.2. The maximum Gasteiger partial charge on any atom is 0.126 e. The first kappa shape index (κ1) is 14.0. The van der Waals surface area contributed by atoms with Crippen LogP contribution in [-0.4, -0.2) is 36.1 Å². The second kappa shape index (κ2) is 6.60. The molecule has 0 radical (unpaired) electrons. The van der Waals surface area contributed by atoms with Gasteiger partial charge in [0.2, 0.25) is 0 Å². The van der Waals surface area contributed by atoms with Crippen molar-refractivity contribution in [1.29, 1.82) is 0 Å². The van der Waals surface area contributed by atoms with Crippen LogP contribution in [0.4, 0.5) is 5.82 Å². The first-order valence-electron chi connectivity index (χ1n) is 6.18. The van der Waals surface area contributed by atoms with Crippen molar-refractivity contribution in [1.82, 2.24) is 9.88 Å². The van der Waals surface area contributed by atoms with E-state index in [2.05, 4.69) is 41.3 Å². The number of hydrogen-bond donors (Lipinski definition) is 1. The Morgan fingerprint density at radius 1 is 1.35 bits per heavy atom. The van der Waals surface area contributed by atoms with Crippen LogP contribution in [0.3, 0.4) is 0 Å². The first-order valence-corrected chi connectivity index (χ1v) is 6.18. The molecule has 17 heavy (non-hydrogen) atoms. The summed E-state index contributed by atoms with van der Waals surface area (Å²) in [6.07, 6.45) is 5.46. The Morgan fingerprint density at radius 2 is 2.06 bits per heavy atom. The molecule has 0 amide bonds. The predicted octanol–water partition coefficient (Wildman–Crippen LogP) is 2.79. The van der Waals surface area contributed by atoms with E-state index in [1.54, 1.807) is 0 Å². The van der Waals surface area contributed by atoms with E-state index in [-0.39, 0.29) is 7.43 Å². The van der Waals surface area contributed by atoms with Crippen LogP contribution in [0.1, 0.15) is 32.8 Å². The minimum Gasteiger partial charge on any atom is -0.367 e. The van der Waals surface area contributed by atoms with Gasteiger partial charge in [-0.15, -0.1) is 0 Å². The highest BCUT2D eigenvalue weighted by atomic mass is 15.1. The van der Waals surface area contributed by atoms with Gasteiger partial charge in [0.05, 0.1) is 0 Å². The number of nitrogens with zero attached hydrogens (tertiary/aromatic N) is 2. The third-order valence-electron chi connectivity index (χ3n) is 3.30. The van der Waals surface area contributed by atoms with Gasteiger partial charge in [0.1, 0.15) is 5.82 Å². The fourth-order valence-corrected chi connectivity index (χ4v) is 2.08. The molecule has 1 saturated heterocycles. The number of hydrogen-bond acceptors (Lipinski definition) is 3. The summed E-state index contributed by atoms with van der Waals surface area (Å²) in [6, 6.07) is 4.85. The number of pyridine rings is 1. The lowest BCUT2D eigenvalue weighted by molar-refractivity contribution is 0.263. The topological polar surface area (TPSA) is 28.2 Å². The third kappa shape index (κ3) is 4.00. The van der Waals surface area contributed by atoms with Crippen LogP contribution in [0.25, 0.3) is 0 Å². The minimum absolute atomic E-state index is 0. The van der Waals surface area contributed by atoms with Gasteiger partial charge in [0, 0.05) is 12.2 Å². The molecule has 1 aliphatic rings. The van der Waals surface area contributed by atoms with Crippen molar-refractivity contribution in [3.8, 4) is 0 Å². The number of rotatable bonds is 3. The Bertz CT molecular complexity index is 313. The lowest BCUT2D eigenvalue weighted by Gasteiger charge is -2.29. The molecule has 3 heteroatoms. The van der Waals surface area contributed by atoms with Gasteiger partial charge in [-0.2, -0.15) is 0 Å². The van der Waals surface area contributed by atoms with Gasteiger partial charge in [-0.1, -0.05) is 20.4 Å². The van der Waals surface area contributed by atoms with Crippen LogP contribution in [0.5, 0.6) is 0 Å². The molecule has 0 aromatic carbocycles. The van der Waals surface area contributed by atoms with Gasteiger partial charge in [0.15, 0.2) is 0 Å². The highest BCUT2D eigenvalue weighted by molar-refractivity contribution is 5.36. The van der Waals surface area contributed by atoms with E-state index in [9.17, 15) is 0 Å². The summed E-state index contributed by atoms with van der Waals surface area (Å²) in [7, 11) is 2.19. The SMILES string of the molecule is C.CCc1ccc(NC2CCN(C)CC2)nc1. The summed E-state index contributed by atoms with van der Waals surface area (Å²) in [4.78, 5) is 6.82. The van der Waals surface area contributed by atoms with E-state index >= 15 is 0 Å². The van der Waals surface area contributed by atoms with Crippen molar-refractivity contribution in [2.75, 3.05) is 25.5 Å². The molecule has 1 aromatic rings. The fourth-order valence-electron chi connectivity index (χ4n) is 2.08. The van der Waals surface area contributed by atoms with E-state index in [4.69, 9.17) is 0 Å². The Kier molecular flexibility index (Phi) is 5.42. The summed E-state index contributed by atoms with van der Waals surface area (Å²) in [5.74, 6) is 1.02. The monoisotopic (exact) mass is 235 g/mol. The number of likely N-dealkylation sites (tertiary alicyclic amines) is 1. The summed E-state index contributed by atoms with van der Waals surface area (Å²) in [5.41, 5.74) is 1.30. The van der Waals surface area contributed by atoms with Gasteiger partial charge in [-0.05, 0) is 51.0 Å². The van der Waals surface area contributed by atoms with E-state index < -0.39 is 0 Å². The van der Waals surface area contributed by atoms with Crippen LogP contribution < -0.4 is 5.32 Å². The molecule has 2 rings (SSSR count). The maximum atomic E-state index is 4.44. The molecule has 1 aromatic heterocycles. The smallest absolute Gasteiger partial charge is 0.126 e. The Hall–Kier alpha value is -1.09. The molecule has 0 unspecified atom stereocenters. The molecule has 0 atom stereocenters. The summed E-state index contributed by atoms with van der Waals surface area (Å²) >= 11 is 0. The van der Waals surface area contributed by atoms with Crippen molar-refractivity contribution < 1.29 is 0 Å². The average molecular weight is 235 g/mol. The standard InChI is InChI=1S/C13H21N3.CH4/c1-3-11-4-5-13(14-10-11)15-12-6-8-16(2)9-7-12;/h4-5,10,12H,3,6-9H2,1-2H3,(H,14,15);1H4. The highest BCUT2D eigenvalue weighted by Crippen LogP contribution is 2.14. The Labute approximate surface area is 105 Å². The molecule has 0 saturated carbocycles. The normalized spacial score (nSPS) is 17.5. The Balaban J connectivity index is 0.00000144. The van der Waals surface area contributed by atoms with Crippen molar-refractivity contribution in [3.63, 3.8) is 0 Å². The van der Waals surface area contributed by atoms with Gasteiger partial charge in [-0.25, -0.2) is 4.98 Å². The lowest BCUT2D eigenvalue weighted by atomic mass is 10.1. The molecule has 3 nitrogen and oxygen atoms in total.